The summed E-state index contributed by atoms with van der Waals surface area (Å²) in [5.74, 6) is -0.348. The van der Waals surface area contributed by atoms with Crippen molar-refractivity contribution in [2.75, 3.05) is 5.32 Å². The second-order valence-electron chi connectivity index (χ2n) is 2.88. The summed E-state index contributed by atoms with van der Waals surface area (Å²) in [4.78, 5) is 10.5. The Hall–Kier alpha value is -0.490. The highest BCUT2D eigenvalue weighted by atomic mass is 35.7. The minimum Gasteiger partial charge on any atom is -0.325 e. The lowest BCUT2D eigenvalue weighted by Gasteiger charge is -2.07. The lowest BCUT2D eigenvalue weighted by Crippen LogP contribution is -2.06. The molecule has 0 aromatic heterocycles. The number of amides is 1. The second kappa shape index (κ2) is 4.79. The van der Waals surface area contributed by atoms with Crippen molar-refractivity contribution in [3.05, 3.63) is 22.2 Å². The molecule has 0 unspecified atom stereocenters. The molecule has 1 aromatic carbocycles. The number of nitrogens with one attached hydrogen (secondary N) is 1. The number of hydrogen-bond acceptors (Lipinski definition) is 3. The van der Waals surface area contributed by atoms with E-state index in [1.165, 1.54) is 13.0 Å². The summed E-state index contributed by atoms with van der Waals surface area (Å²) in [5.41, 5.74) is 0.225. The molecule has 1 N–H and O–H groups in total. The largest absolute Gasteiger partial charge is 0.325 e. The van der Waals surface area contributed by atoms with Crippen LogP contribution in [-0.4, -0.2) is 14.3 Å². The molecule has 0 saturated heterocycles. The number of carbonyl (C=O) groups is 1. The third kappa shape index (κ3) is 3.25. The van der Waals surface area contributed by atoms with Gasteiger partial charge in [-0.15, -0.1) is 0 Å². The molecule has 0 aliphatic carbocycles. The number of halogens is 3. The van der Waals surface area contributed by atoms with Crippen molar-refractivity contribution in [2.24, 2.45) is 0 Å². The molecule has 1 aromatic rings. The number of anilines is 1. The average Bonchev–Trinajstić information content (AvgIpc) is 2.07. The molecule has 8 heteroatoms. The normalized spacial score (nSPS) is 11.2. The van der Waals surface area contributed by atoms with Crippen LogP contribution in [0.1, 0.15) is 6.92 Å². The summed E-state index contributed by atoms with van der Waals surface area (Å²) < 4.78 is 22.1. The molecule has 0 atom stereocenters. The fraction of sp³-hybridized carbons (Fsp3) is 0.125. The highest BCUT2D eigenvalue weighted by Crippen LogP contribution is 2.33. The molecule has 0 radical (unpaired) electrons. The molecule has 0 saturated carbocycles. The highest BCUT2D eigenvalue weighted by Gasteiger charge is 2.17. The van der Waals surface area contributed by atoms with Gasteiger partial charge < -0.3 is 5.32 Å². The van der Waals surface area contributed by atoms with Crippen LogP contribution in [0.2, 0.25) is 10.0 Å². The van der Waals surface area contributed by atoms with Crippen molar-refractivity contribution in [1.82, 2.24) is 0 Å². The molecule has 16 heavy (non-hydrogen) atoms. The maximum Gasteiger partial charge on any atom is 0.262 e. The molecule has 0 bridgehead atoms. The summed E-state index contributed by atoms with van der Waals surface area (Å²) >= 11 is 11.5. The van der Waals surface area contributed by atoms with Crippen LogP contribution in [0.25, 0.3) is 0 Å². The van der Waals surface area contributed by atoms with Gasteiger partial charge in [0.15, 0.2) is 0 Å². The molecular formula is C8H6Cl3NO3S. The van der Waals surface area contributed by atoms with E-state index in [9.17, 15) is 13.2 Å². The molecular weight excluding hydrogens is 297 g/mol. The summed E-state index contributed by atoms with van der Waals surface area (Å²) in [6.07, 6.45) is 0. The van der Waals surface area contributed by atoms with E-state index in [0.29, 0.717) is 0 Å². The van der Waals surface area contributed by atoms with E-state index in [4.69, 9.17) is 33.9 Å². The number of benzene rings is 1. The summed E-state index contributed by atoms with van der Waals surface area (Å²) in [5, 5.41) is 2.33. The van der Waals surface area contributed by atoms with Crippen LogP contribution in [0.3, 0.4) is 0 Å². The Morgan fingerprint density at radius 2 is 1.81 bits per heavy atom. The van der Waals surface area contributed by atoms with E-state index in [2.05, 4.69) is 5.32 Å². The molecule has 88 valence electrons. The first kappa shape index (κ1) is 13.6. The van der Waals surface area contributed by atoms with Crippen molar-refractivity contribution in [3.8, 4) is 0 Å². The van der Waals surface area contributed by atoms with Crippen LogP contribution < -0.4 is 5.32 Å². The molecule has 0 heterocycles. The second-order valence-corrected chi connectivity index (χ2v) is 6.23. The summed E-state index contributed by atoms with van der Waals surface area (Å²) in [7, 11) is 1.18. The fourth-order valence-electron chi connectivity index (χ4n) is 1.00. The lowest BCUT2D eigenvalue weighted by molar-refractivity contribution is -0.114. The first-order valence-corrected chi connectivity index (χ1v) is 6.99. The minimum absolute atomic E-state index is 0.0406. The van der Waals surface area contributed by atoms with Gasteiger partial charge in [-0.25, -0.2) is 8.42 Å². The number of carbonyl (C=O) groups excluding carboxylic acids is 1. The summed E-state index contributed by atoms with van der Waals surface area (Å²) in [6, 6.07) is 2.30. The lowest BCUT2D eigenvalue weighted by atomic mass is 10.3. The van der Waals surface area contributed by atoms with Crippen LogP contribution in [0.15, 0.2) is 17.0 Å². The van der Waals surface area contributed by atoms with Gasteiger partial charge in [0.05, 0.1) is 15.7 Å². The van der Waals surface area contributed by atoms with Crippen molar-refractivity contribution >= 4 is 54.5 Å². The van der Waals surface area contributed by atoms with Gasteiger partial charge in [0.2, 0.25) is 5.91 Å². The van der Waals surface area contributed by atoms with Crippen molar-refractivity contribution in [1.29, 1.82) is 0 Å². The fourth-order valence-corrected chi connectivity index (χ4v) is 2.80. The third-order valence-corrected chi connectivity index (χ3v) is 3.69. The highest BCUT2D eigenvalue weighted by molar-refractivity contribution is 8.13. The van der Waals surface area contributed by atoms with Gasteiger partial charge in [-0.05, 0) is 12.1 Å². The van der Waals surface area contributed by atoms with Crippen molar-refractivity contribution < 1.29 is 13.2 Å². The zero-order chi connectivity index (χ0) is 12.5. The Morgan fingerprint density at radius 3 is 2.25 bits per heavy atom. The monoisotopic (exact) mass is 301 g/mol. The van der Waals surface area contributed by atoms with E-state index in [1.807, 2.05) is 0 Å². The van der Waals surface area contributed by atoms with Crippen molar-refractivity contribution in [2.45, 2.75) is 11.8 Å². The van der Waals surface area contributed by atoms with Crippen LogP contribution >= 0.6 is 33.9 Å². The van der Waals surface area contributed by atoms with Gasteiger partial charge >= 0.3 is 0 Å². The van der Waals surface area contributed by atoms with Crippen molar-refractivity contribution in [3.63, 3.8) is 0 Å². The Balaban J connectivity index is 3.33. The van der Waals surface area contributed by atoms with Crippen LogP contribution in [0, 0.1) is 0 Å². The zero-order valence-corrected chi connectivity index (χ0v) is 11.0. The molecule has 0 aliphatic heterocycles. The van der Waals surface area contributed by atoms with E-state index in [1.54, 1.807) is 0 Å². The molecule has 0 aliphatic rings. The van der Waals surface area contributed by atoms with E-state index in [-0.39, 0.29) is 26.5 Å². The van der Waals surface area contributed by atoms with Crippen LogP contribution in [0.4, 0.5) is 5.69 Å². The molecule has 1 rings (SSSR count). The maximum absolute atomic E-state index is 11.1. The SMILES string of the molecule is CC(=O)Nc1cc(Cl)c(S(=O)(=O)Cl)cc1Cl. The Morgan fingerprint density at radius 1 is 1.25 bits per heavy atom. The molecule has 0 spiro atoms. The summed E-state index contributed by atoms with van der Waals surface area (Å²) in [6.45, 7) is 1.29. The number of rotatable bonds is 2. The average molecular weight is 303 g/mol. The molecule has 0 fully saturated rings. The zero-order valence-electron chi connectivity index (χ0n) is 7.92. The topological polar surface area (TPSA) is 63.2 Å². The first-order chi connectivity index (χ1) is 7.21. The maximum atomic E-state index is 11.1. The van der Waals surface area contributed by atoms with Gasteiger partial charge in [-0.3, -0.25) is 4.79 Å². The Bertz CT molecular complexity index is 542. The Kier molecular flexibility index (Phi) is 4.07. The predicted octanol–water partition coefficient (Wildman–Crippen LogP) is 2.88. The standard InChI is InChI=1S/C8H6Cl3NO3S/c1-4(13)12-7-2-6(10)8(3-5(7)9)16(11,14)15/h2-3H,1H3,(H,12,13). The predicted molar refractivity (Wildman–Crippen MR) is 63.8 cm³/mol. The Labute approximate surface area is 107 Å². The van der Waals surface area contributed by atoms with Gasteiger partial charge in [-0.2, -0.15) is 0 Å². The van der Waals surface area contributed by atoms with Crippen LogP contribution in [-0.2, 0) is 13.8 Å². The van der Waals surface area contributed by atoms with Gasteiger partial charge in [0.1, 0.15) is 4.90 Å². The first-order valence-electron chi connectivity index (χ1n) is 3.93. The minimum atomic E-state index is -3.96. The van der Waals surface area contributed by atoms with E-state index < -0.39 is 9.05 Å². The molecule has 1 amide bonds. The van der Waals surface area contributed by atoms with E-state index >= 15 is 0 Å². The van der Waals surface area contributed by atoms with E-state index in [0.717, 1.165) is 6.07 Å². The molecule has 4 nitrogen and oxygen atoms in total. The quantitative estimate of drug-likeness (QED) is 0.854. The van der Waals surface area contributed by atoms with Gasteiger partial charge in [0.25, 0.3) is 9.05 Å². The number of hydrogen-bond donors (Lipinski definition) is 1. The van der Waals surface area contributed by atoms with Crippen LogP contribution in [0.5, 0.6) is 0 Å². The van der Waals surface area contributed by atoms with Gasteiger partial charge in [0, 0.05) is 17.6 Å². The third-order valence-electron chi connectivity index (χ3n) is 1.59. The van der Waals surface area contributed by atoms with Gasteiger partial charge in [-0.1, -0.05) is 23.2 Å². The smallest absolute Gasteiger partial charge is 0.262 e.